The molecule has 1 aliphatic carbocycles. The standard InChI is InChI=1S/C9H14N2O3/c1-10-9(3-4-9)6-7(12)11(10)5-2-8(13)14/h2-6H2,1H3,(H,13,14). The monoisotopic (exact) mass is 198 g/mol. The fourth-order valence-electron chi connectivity index (χ4n) is 2.03. The molecule has 1 aliphatic heterocycles. The number of nitrogens with zero attached hydrogens (tertiary/aromatic N) is 2. The number of carboxylic acids is 1. The summed E-state index contributed by atoms with van der Waals surface area (Å²) in [4.78, 5) is 21.9. The molecule has 0 atom stereocenters. The van der Waals surface area contributed by atoms with E-state index < -0.39 is 5.97 Å². The molecule has 2 rings (SSSR count). The van der Waals surface area contributed by atoms with Crippen LogP contribution in [-0.2, 0) is 9.59 Å². The molecule has 2 aliphatic rings. The lowest BCUT2D eigenvalue weighted by molar-refractivity contribution is -0.142. The molecule has 0 aromatic carbocycles. The molecule has 2 fully saturated rings. The van der Waals surface area contributed by atoms with Crippen LogP contribution in [0.4, 0.5) is 0 Å². The summed E-state index contributed by atoms with van der Waals surface area (Å²) in [5.74, 6) is -0.797. The lowest BCUT2D eigenvalue weighted by atomic mass is 10.2. The lowest BCUT2D eigenvalue weighted by Gasteiger charge is -2.27. The number of carboxylic acid groups (broad SMARTS) is 1. The zero-order chi connectivity index (χ0) is 10.3. The van der Waals surface area contributed by atoms with Gasteiger partial charge in [0.15, 0.2) is 0 Å². The Labute approximate surface area is 82.3 Å². The number of hydrazine groups is 1. The second-order valence-corrected chi connectivity index (χ2v) is 4.09. The number of amides is 1. The van der Waals surface area contributed by atoms with Crippen molar-refractivity contribution in [1.82, 2.24) is 10.0 Å². The minimum Gasteiger partial charge on any atom is -0.481 e. The van der Waals surface area contributed by atoms with Gasteiger partial charge in [0.25, 0.3) is 0 Å². The van der Waals surface area contributed by atoms with Crippen LogP contribution in [0.1, 0.15) is 25.7 Å². The Balaban J connectivity index is 1.98. The molecule has 78 valence electrons. The largest absolute Gasteiger partial charge is 0.481 e. The topological polar surface area (TPSA) is 60.9 Å². The first kappa shape index (κ1) is 9.45. The SMILES string of the molecule is CN1N(CCC(=O)O)C(=O)CC12CC2. The van der Waals surface area contributed by atoms with Crippen molar-refractivity contribution in [2.24, 2.45) is 0 Å². The quantitative estimate of drug-likeness (QED) is 0.697. The highest BCUT2D eigenvalue weighted by molar-refractivity contribution is 5.80. The Morgan fingerprint density at radius 1 is 1.57 bits per heavy atom. The van der Waals surface area contributed by atoms with Gasteiger partial charge in [-0.05, 0) is 12.8 Å². The van der Waals surface area contributed by atoms with Crippen LogP contribution in [0.25, 0.3) is 0 Å². The van der Waals surface area contributed by atoms with Gasteiger partial charge in [0.1, 0.15) is 0 Å². The molecular weight excluding hydrogens is 184 g/mol. The summed E-state index contributed by atoms with van der Waals surface area (Å²) in [6, 6.07) is 0. The van der Waals surface area contributed by atoms with Crippen molar-refractivity contribution in [3.05, 3.63) is 0 Å². The van der Waals surface area contributed by atoms with E-state index in [0.717, 1.165) is 12.8 Å². The molecule has 14 heavy (non-hydrogen) atoms. The maximum atomic E-state index is 11.5. The molecule has 0 aromatic heterocycles. The normalized spacial score (nSPS) is 24.6. The number of hydrogen-bond acceptors (Lipinski definition) is 3. The van der Waals surface area contributed by atoms with Crippen LogP contribution in [0.3, 0.4) is 0 Å². The van der Waals surface area contributed by atoms with Gasteiger partial charge in [-0.1, -0.05) is 0 Å². The first-order valence-corrected chi connectivity index (χ1v) is 4.81. The van der Waals surface area contributed by atoms with Gasteiger partial charge in [-0.15, -0.1) is 0 Å². The summed E-state index contributed by atoms with van der Waals surface area (Å²) >= 11 is 0. The average molecular weight is 198 g/mol. The fraction of sp³-hybridized carbons (Fsp3) is 0.778. The van der Waals surface area contributed by atoms with Crippen molar-refractivity contribution in [2.75, 3.05) is 13.6 Å². The predicted molar refractivity (Wildman–Crippen MR) is 48.3 cm³/mol. The second-order valence-electron chi connectivity index (χ2n) is 4.09. The highest BCUT2D eigenvalue weighted by Gasteiger charge is 2.56. The Morgan fingerprint density at radius 2 is 2.21 bits per heavy atom. The number of rotatable bonds is 3. The molecule has 5 heteroatoms. The molecule has 0 radical (unpaired) electrons. The Bertz CT molecular complexity index is 286. The highest BCUT2D eigenvalue weighted by atomic mass is 16.4. The van der Waals surface area contributed by atoms with E-state index >= 15 is 0 Å². The van der Waals surface area contributed by atoms with Gasteiger partial charge < -0.3 is 5.11 Å². The molecule has 1 saturated heterocycles. The van der Waals surface area contributed by atoms with Gasteiger partial charge in [-0.25, -0.2) is 5.01 Å². The van der Waals surface area contributed by atoms with Crippen molar-refractivity contribution in [2.45, 2.75) is 31.2 Å². The van der Waals surface area contributed by atoms with E-state index in [4.69, 9.17) is 5.11 Å². The van der Waals surface area contributed by atoms with Gasteiger partial charge in [0.05, 0.1) is 6.42 Å². The van der Waals surface area contributed by atoms with Gasteiger partial charge in [-0.2, -0.15) is 0 Å². The van der Waals surface area contributed by atoms with Crippen LogP contribution >= 0.6 is 0 Å². The number of carbonyl (C=O) groups is 2. The van der Waals surface area contributed by atoms with Gasteiger partial charge in [0, 0.05) is 25.6 Å². The maximum Gasteiger partial charge on any atom is 0.305 e. The predicted octanol–water partition coefficient (Wildman–Crippen LogP) is 0.0728. The highest BCUT2D eigenvalue weighted by Crippen LogP contribution is 2.48. The van der Waals surface area contributed by atoms with Gasteiger partial charge >= 0.3 is 5.97 Å². The Morgan fingerprint density at radius 3 is 2.64 bits per heavy atom. The van der Waals surface area contributed by atoms with Crippen LogP contribution in [-0.4, -0.2) is 46.1 Å². The first-order chi connectivity index (χ1) is 6.55. The van der Waals surface area contributed by atoms with Gasteiger partial charge in [-0.3, -0.25) is 14.6 Å². The van der Waals surface area contributed by atoms with E-state index in [9.17, 15) is 9.59 Å². The van der Waals surface area contributed by atoms with Crippen molar-refractivity contribution >= 4 is 11.9 Å². The van der Waals surface area contributed by atoms with Crippen molar-refractivity contribution in [3.8, 4) is 0 Å². The molecule has 1 heterocycles. The van der Waals surface area contributed by atoms with Crippen LogP contribution in [0.5, 0.6) is 0 Å². The third-order valence-electron chi connectivity index (χ3n) is 3.18. The summed E-state index contributed by atoms with van der Waals surface area (Å²) in [7, 11) is 1.87. The zero-order valence-corrected chi connectivity index (χ0v) is 8.19. The summed E-state index contributed by atoms with van der Waals surface area (Å²) in [6.07, 6.45) is 2.69. The number of carbonyl (C=O) groups excluding carboxylic acids is 1. The maximum absolute atomic E-state index is 11.5. The smallest absolute Gasteiger partial charge is 0.305 e. The summed E-state index contributed by atoms with van der Waals surface area (Å²) < 4.78 is 0. The van der Waals surface area contributed by atoms with E-state index in [1.165, 1.54) is 0 Å². The Kier molecular flexibility index (Phi) is 1.99. The van der Waals surface area contributed by atoms with Crippen LogP contribution in [0.15, 0.2) is 0 Å². The van der Waals surface area contributed by atoms with Crippen LogP contribution < -0.4 is 0 Å². The van der Waals surface area contributed by atoms with E-state index in [-0.39, 0.29) is 17.9 Å². The third kappa shape index (κ3) is 1.37. The van der Waals surface area contributed by atoms with E-state index in [1.807, 2.05) is 12.1 Å². The molecular formula is C9H14N2O3. The molecule has 1 amide bonds. The van der Waals surface area contributed by atoms with E-state index in [2.05, 4.69) is 0 Å². The fourth-order valence-corrected chi connectivity index (χ4v) is 2.03. The minimum atomic E-state index is -0.858. The molecule has 5 nitrogen and oxygen atoms in total. The molecule has 0 bridgehead atoms. The molecule has 1 spiro atoms. The van der Waals surface area contributed by atoms with E-state index in [1.54, 1.807) is 5.01 Å². The van der Waals surface area contributed by atoms with Crippen molar-refractivity contribution in [3.63, 3.8) is 0 Å². The summed E-state index contributed by atoms with van der Waals surface area (Å²) in [6.45, 7) is 0.298. The minimum absolute atomic E-state index is 0.0200. The van der Waals surface area contributed by atoms with E-state index in [0.29, 0.717) is 13.0 Å². The Hall–Kier alpha value is -1.10. The molecule has 1 saturated carbocycles. The zero-order valence-electron chi connectivity index (χ0n) is 8.19. The summed E-state index contributed by atoms with van der Waals surface area (Å²) in [5, 5.41) is 12.0. The van der Waals surface area contributed by atoms with Crippen LogP contribution in [0, 0.1) is 0 Å². The molecule has 0 unspecified atom stereocenters. The van der Waals surface area contributed by atoms with Crippen molar-refractivity contribution in [1.29, 1.82) is 0 Å². The lowest BCUT2D eigenvalue weighted by Crippen LogP contribution is -2.41. The number of aliphatic carboxylic acids is 1. The molecule has 1 N–H and O–H groups in total. The third-order valence-corrected chi connectivity index (χ3v) is 3.18. The van der Waals surface area contributed by atoms with Crippen LogP contribution in [0.2, 0.25) is 0 Å². The second kappa shape index (κ2) is 2.95. The number of hydrogen-bond donors (Lipinski definition) is 1. The van der Waals surface area contributed by atoms with Crippen molar-refractivity contribution < 1.29 is 14.7 Å². The molecule has 0 aromatic rings. The summed E-state index contributed by atoms with van der Waals surface area (Å²) in [5.41, 5.74) is 0.0512. The average Bonchev–Trinajstić information content (AvgIpc) is 2.80. The van der Waals surface area contributed by atoms with Gasteiger partial charge in [0.2, 0.25) is 5.91 Å². The first-order valence-electron chi connectivity index (χ1n) is 4.81.